The normalized spacial score (nSPS) is 12.5. The predicted molar refractivity (Wildman–Crippen MR) is 95.1 cm³/mol. The molecule has 0 fully saturated rings. The Morgan fingerprint density at radius 2 is 1.74 bits per heavy atom. The molecule has 2 aromatic carbocycles. The monoisotopic (exact) mass is 299 g/mol. The second-order valence-electron chi connectivity index (χ2n) is 5.55. The number of nitrogens with zero attached hydrogens (tertiary/aromatic N) is 2. The summed E-state index contributed by atoms with van der Waals surface area (Å²) in [5.41, 5.74) is 6.41. The third kappa shape index (κ3) is 2.50. The molecule has 23 heavy (non-hydrogen) atoms. The summed E-state index contributed by atoms with van der Waals surface area (Å²) in [7, 11) is 0. The molecule has 1 aliphatic heterocycles. The lowest BCUT2D eigenvalue weighted by Crippen LogP contribution is -2.04. The number of aromatic nitrogens is 1. The Morgan fingerprint density at radius 3 is 2.57 bits per heavy atom. The zero-order chi connectivity index (χ0) is 15.6. The zero-order valence-electron chi connectivity index (χ0n) is 13.0. The highest BCUT2D eigenvalue weighted by Gasteiger charge is 2.17. The highest BCUT2D eigenvalue weighted by atomic mass is 15.0. The lowest BCUT2D eigenvalue weighted by atomic mass is 9.99. The molecule has 3 heteroatoms. The minimum atomic E-state index is 0.792. The number of hydrogen-bond acceptors (Lipinski definition) is 3. The molecule has 2 heterocycles. The second-order valence-corrected chi connectivity index (χ2v) is 5.55. The van der Waals surface area contributed by atoms with Crippen molar-refractivity contribution in [1.82, 2.24) is 4.98 Å². The van der Waals surface area contributed by atoms with Gasteiger partial charge in [-0.2, -0.15) is 0 Å². The Kier molecular flexibility index (Phi) is 3.39. The number of pyridine rings is 1. The first kappa shape index (κ1) is 13.7. The van der Waals surface area contributed by atoms with Gasteiger partial charge in [0.15, 0.2) is 5.82 Å². The average Bonchev–Trinajstić information content (AvgIpc) is 2.78. The zero-order valence-corrected chi connectivity index (χ0v) is 13.0. The van der Waals surface area contributed by atoms with Crippen molar-refractivity contribution in [3.8, 4) is 0 Å². The molecule has 0 saturated heterocycles. The minimum absolute atomic E-state index is 0.792. The van der Waals surface area contributed by atoms with Crippen molar-refractivity contribution in [1.29, 1.82) is 0 Å². The molecule has 1 N–H and O–H groups in total. The molecule has 3 nitrogen and oxygen atoms in total. The van der Waals surface area contributed by atoms with Crippen LogP contribution in [-0.2, 0) is 6.42 Å². The van der Waals surface area contributed by atoms with Crippen LogP contribution in [0.4, 0.5) is 17.2 Å². The molecule has 0 atom stereocenters. The van der Waals surface area contributed by atoms with Crippen LogP contribution in [0.1, 0.15) is 23.6 Å². The van der Waals surface area contributed by atoms with E-state index in [9.17, 15) is 0 Å². The van der Waals surface area contributed by atoms with E-state index in [0.717, 1.165) is 40.5 Å². The van der Waals surface area contributed by atoms with E-state index in [0.29, 0.717) is 0 Å². The van der Waals surface area contributed by atoms with Gasteiger partial charge in [0.1, 0.15) is 5.69 Å². The standard InChI is InChI=1S/C20H17N3/c1-2-14-9-11-15(12-10-14)19-16-6-3-4-7-17(16)23-20-18(22-19)8-5-13-21-20/h3-13H,2H2,1H3,(H,21,23). The van der Waals surface area contributed by atoms with Gasteiger partial charge < -0.3 is 5.32 Å². The third-order valence-corrected chi connectivity index (χ3v) is 4.09. The lowest BCUT2D eigenvalue weighted by Gasteiger charge is -2.10. The van der Waals surface area contributed by atoms with E-state index in [1.54, 1.807) is 6.20 Å². The van der Waals surface area contributed by atoms with Gasteiger partial charge in [-0.25, -0.2) is 9.98 Å². The van der Waals surface area contributed by atoms with Gasteiger partial charge >= 0.3 is 0 Å². The molecule has 0 radical (unpaired) electrons. The molecule has 112 valence electrons. The topological polar surface area (TPSA) is 37.3 Å². The van der Waals surface area contributed by atoms with E-state index in [1.165, 1.54) is 5.56 Å². The smallest absolute Gasteiger partial charge is 0.156 e. The van der Waals surface area contributed by atoms with Crippen LogP contribution in [-0.4, -0.2) is 10.7 Å². The number of nitrogens with one attached hydrogen (secondary N) is 1. The first-order valence-corrected chi connectivity index (χ1v) is 7.84. The van der Waals surface area contributed by atoms with Gasteiger partial charge in [-0.1, -0.05) is 49.4 Å². The largest absolute Gasteiger partial charge is 0.338 e. The molecule has 0 aliphatic carbocycles. The molecule has 0 bridgehead atoms. The summed E-state index contributed by atoms with van der Waals surface area (Å²) in [5, 5.41) is 3.40. The fourth-order valence-corrected chi connectivity index (χ4v) is 2.81. The number of hydrogen-bond donors (Lipinski definition) is 1. The van der Waals surface area contributed by atoms with Crippen molar-refractivity contribution < 1.29 is 0 Å². The van der Waals surface area contributed by atoms with Gasteiger partial charge in [0.25, 0.3) is 0 Å². The quantitative estimate of drug-likeness (QED) is 0.573. The number of aryl methyl sites for hydroxylation is 1. The van der Waals surface area contributed by atoms with Crippen molar-refractivity contribution >= 4 is 22.9 Å². The summed E-state index contributed by atoms with van der Waals surface area (Å²) in [4.78, 5) is 9.31. The summed E-state index contributed by atoms with van der Waals surface area (Å²) >= 11 is 0. The fraction of sp³-hybridized carbons (Fsp3) is 0.100. The Morgan fingerprint density at radius 1 is 0.913 bits per heavy atom. The van der Waals surface area contributed by atoms with Gasteiger partial charge in [0.05, 0.1) is 5.71 Å². The van der Waals surface area contributed by atoms with E-state index < -0.39 is 0 Å². The Bertz CT molecular complexity index is 879. The fourth-order valence-electron chi connectivity index (χ4n) is 2.81. The van der Waals surface area contributed by atoms with Crippen LogP contribution in [0.5, 0.6) is 0 Å². The molecule has 0 spiro atoms. The molecule has 1 aliphatic rings. The predicted octanol–water partition coefficient (Wildman–Crippen LogP) is 4.87. The molecular formula is C20H17N3. The van der Waals surface area contributed by atoms with Crippen LogP contribution in [0.2, 0.25) is 0 Å². The van der Waals surface area contributed by atoms with E-state index in [2.05, 4.69) is 53.6 Å². The van der Waals surface area contributed by atoms with Gasteiger partial charge in [-0.15, -0.1) is 0 Å². The number of para-hydroxylation sites is 1. The second kappa shape index (κ2) is 5.69. The number of rotatable bonds is 2. The summed E-state index contributed by atoms with van der Waals surface area (Å²) in [6.45, 7) is 2.17. The van der Waals surface area contributed by atoms with Crippen molar-refractivity contribution in [2.45, 2.75) is 13.3 Å². The average molecular weight is 299 g/mol. The van der Waals surface area contributed by atoms with Gasteiger partial charge in [0, 0.05) is 23.0 Å². The van der Waals surface area contributed by atoms with Gasteiger partial charge in [-0.3, -0.25) is 0 Å². The van der Waals surface area contributed by atoms with E-state index >= 15 is 0 Å². The van der Waals surface area contributed by atoms with E-state index in [4.69, 9.17) is 4.99 Å². The van der Waals surface area contributed by atoms with E-state index in [1.807, 2.05) is 24.3 Å². The summed E-state index contributed by atoms with van der Waals surface area (Å²) < 4.78 is 0. The maximum absolute atomic E-state index is 4.90. The van der Waals surface area contributed by atoms with Crippen LogP contribution >= 0.6 is 0 Å². The van der Waals surface area contributed by atoms with E-state index in [-0.39, 0.29) is 0 Å². The van der Waals surface area contributed by atoms with Crippen molar-refractivity contribution in [2.24, 2.45) is 4.99 Å². The van der Waals surface area contributed by atoms with Crippen LogP contribution in [0.3, 0.4) is 0 Å². The third-order valence-electron chi connectivity index (χ3n) is 4.09. The van der Waals surface area contributed by atoms with Crippen LogP contribution in [0.25, 0.3) is 0 Å². The number of aliphatic imine (C=N–C) groups is 1. The Hall–Kier alpha value is -2.94. The maximum atomic E-state index is 4.90. The number of benzene rings is 2. The first-order chi connectivity index (χ1) is 11.3. The van der Waals surface area contributed by atoms with Crippen LogP contribution < -0.4 is 5.32 Å². The molecule has 3 aromatic rings. The van der Waals surface area contributed by atoms with Crippen molar-refractivity contribution in [3.05, 3.63) is 83.6 Å². The van der Waals surface area contributed by atoms with Crippen LogP contribution in [0.15, 0.2) is 71.9 Å². The van der Waals surface area contributed by atoms with Crippen molar-refractivity contribution in [2.75, 3.05) is 5.32 Å². The molecule has 0 unspecified atom stereocenters. The summed E-state index contributed by atoms with van der Waals surface area (Å²) in [6, 6.07) is 20.8. The molecule has 0 saturated carbocycles. The maximum Gasteiger partial charge on any atom is 0.156 e. The van der Waals surface area contributed by atoms with Crippen LogP contribution in [0, 0.1) is 0 Å². The van der Waals surface area contributed by atoms with Crippen molar-refractivity contribution in [3.63, 3.8) is 0 Å². The summed E-state index contributed by atoms with van der Waals surface area (Å²) in [6.07, 6.45) is 2.82. The minimum Gasteiger partial charge on any atom is -0.338 e. The number of fused-ring (bicyclic) bond motifs is 2. The highest BCUT2D eigenvalue weighted by Crippen LogP contribution is 2.33. The van der Waals surface area contributed by atoms with Gasteiger partial charge in [0.2, 0.25) is 0 Å². The Labute approximate surface area is 135 Å². The van der Waals surface area contributed by atoms with Gasteiger partial charge in [-0.05, 0) is 30.2 Å². The molecule has 4 rings (SSSR count). The molecule has 1 aromatic heterocycles. The number of anilines is 2. The summed E-state index contributed by atoms with van der Waals surface area (Å²) in [5.74, 6) is 0.792. The highest BCUT2D eigenvalue weighted by molar-refractivity contribution is 6.18. The molecule has 0 amide bonds. The molecular weight excluding hydrogens is 282 g/mol. The SMILES string of the molecule is CCc1ccc(C2=Nc3cccnc3Nc3ccccc32)cc1. The Balaban J connectivity index is 1.93. The first-order valence-electron chi connectivity index (χ1n) is 7.84. The lowest BCUT2D eigenvalue weighted by molar-refractivity contribution is 1.14.